The molecule has 1 aliphatic rings. The lowest BCUT2D eigenvalue weighted by Crippen LogP contribution is -2.35. The predicted octanol–water partition coefficient (Wildman–Crippen LogP) is 7.64. The average molecular weight is 513 g/mol. The fraction of sp³-hybridized carbons (Fsp3) is 0.471. The number of anilines is 2. The lowest BCUT2D eigenvalue weighted by Gasteiger charge is -2.23. The van der Waals surface area contributed by atoms with Gasteiger partial charge in [-0.05, 0) is 30.9 Å². The van der Waals surface area contributed by atoms with E-state index < -0.39 is 31.1 Å². The third-order valence-corrected chi connectivity index (χ3v) is 5.96. The van der Waals surface area contributed by atoms with Gasteiger partial charge in [0.25, 0.3) is 0 Å². The summed E-state index contributed by atoms with van der Waals surface area (Å²) in [4.78, 5) is 4.21. The second-order valence-corrected chi connectivity index (χ2v) is 9.22. The lowest BCUT2D eigenvalue weighted by atomic mass is 10.3. The van der Waals surface area contributed by atoms with E-state index in [0.717, 1.165) is 17.7 Å². The van der Waals surface area contributed by atoms with Crippen molar-refractivity contribution >= 4 is 57.0 Å². The molecule has 3 rings (SSSR count). The van der Waals surface area contributed by atoms with Gasteiger partial charge in [0, 0.05) is 18.1 Å². The van der Waals surface area contributed by atoms with Crippen molar-refractivity contribution < 1.29 is 26.3 Å². The molecule has 1 aliphatic carbocycles. The van der Waals surface area contributed by atoms with E-state index in [2.05, 4.69) is 10.3 Å². The van der Waals surface area contributed by atoms with Crippen LogP contribution in [0, 0.1) is 5.92 Å². The molecule has 3 nitrogen and oxygen atoms in total. The summed E-state index contributed by atoms with van der Waals surface area (Å²) in [5.41, 5.74) is -1.14. The van der Waals surface area contributed by atoms with Crippen molar-refractivity contribution in [2.24, 2.45) is 5.92 Å². The topological polar surface area (TPSA) is 28.2 Å². The molecule has 1 N–H and O–H groups in total. The second-order valence-electron chi connectivity index (χ2n) is 6.89. The number of nitrogens with zero attached hydrogens (tertiary/aromatic N) is 2. The first-order chi connectivity index (χ1) is 13.8. The minimum absolute atomic E-state index is 0.0604. The molecule has 166 valence electrons. The standard InChI is InChI=1S/C17H14Cl3F6N3S/c18-9-3-10(19)13(11(20)4-9)27-15-28-14(17(24,25)26)12(30-15)6-29(5-8-1-2-8)7-16(21,22)23/h3-4,8H,1-2,5-7H2,(H,27,28). The number of rotatable bonds is 7. The maximum absolute atomic E-state index is 13.5. The Hall–Kier alpha value is -0.940. The Labute approximate surface area is 186 Å². The van der Waals surface area contributed by atoms with Crippen LogP contribution in [-0.2, 0) is 12.7 Å². The summed E-state index contributed by atoms with van der Waals surface area (Å²) < 4.78 is 79.1. The fourth-order valence-electron chi connectivity index (χ4n) is 2.81. The molecule has 0 saturated heterocycles. The SMILES string of the molecule is FC(F)(F)CN(Cc1sc(Nc2c(Cl)cc(Cl)cc2Cl)nc1C(F)(F)F)CC1CC1. The zero-order valence-electron chi connectivity index (χ0n) is 15.0. The molecular formula is C17H14Cl3F6N3S. The monoisotopic (exact) mass is 511 g/mol. The van der Waals surface area contributed by atoms with Crippen molar-refractivity contribution in [1.29, 1.82) is 0 Å². The number of halogens is 9. The first-order valence-corrected chi connectivity index (χ1v) is 10.5. The molecule has 2 aromatic rings. The van der Waals surface area contributed by atoms with Gasteiger partial charge in [0.2, 0.25) is 0 Å². The molecule has 1 aromatic carbocycles. The Morgan fingerprint density at radius 3 is 2.17 bits per heavy atom. The van der Waals surface area contributed by atoms with Crippen molar-refractivity contribution in [2.45, 2.75) is 31.7 Å². The Kier molecular flexibility index (Phi) is 7.03. The molecule has 0 amide bonds. The van der Waals surface area contributed by atoms with E-state index in [1.54, 1.807) is 0 Å². The van der Waals surface area contributed by atoms with Crippen LogP contribution in [0.1, 0.15) is 23.4 Å². The van der Waals surface area contributed by atoms with Crippen LogP contribution in [0.25, 0.3) is 0 Å². The number of alkyl halides is 6. The van der Waals surface area contributed by atoms with Gasteiger partial charge in [-0.3, -0.25) is 4.90 Å². The van der Waals surface area contributed by atoms with Gasteiger partial charge in [0.05, 0.1) is 27.2 Å². The molecule has 0 spiro atoms. The second kappa shape index (κ2) is 8.90. The third kappa shape index (κ3) is 6.53. The quantitative estimate of drug-likeness (QED) is 0.386. The van der Waals surface area contributed by atoms with E-state index in [1.807, 2.05) is 0 Å². The molecule has 1 saturated carbocycles. The highest BCUT2D eigenvalue weighted by Gasteiger charge is 2.40. The summed E-state index contributed by atoms with van der Waals surface area (Å²) >= 11 is 18.5. The van der Waals surface area contributed by atoms with Crippen molar-refractivity contribution in [1.82, 2.24) is 9.88 Å². The summed E-state index contributed by atoms with van der Waals surface area (Å²) in [6, 6.07) is 2.69. The Balaban J connectivity index is 1.89. The van der Waals surface area contributed by atoms with E-state index in [1.165, 1.54) is 12.1 Å². The van der Waals surface area contributed by atoms with Crippen LogP contribution in [-0.4, -0.2) is 29.1 Å². The van der Waals surface area contributed by atoms with Gasteiger partial charge in [0.1, 0.15) is 0 Å². The Morgan fingerprint density at radius 2 is 1.67 bits per heavy atom. The maximum atomic E-state index is 13.5. The first-order valence-electron chi connectivity index (χ1n) is 8.59. The number of aromatic nitrogens is 1. The Morgan fingerprint density at radius 1 is 1.07 bits per heavy atom. The summed E-state index contributed by atoms with van der Waals surface area (Å²) in [5, 5.41) is 2.78. The highest BCUT2D eigenvalue weighted by atomic mass is 35.5. The average Bonchev–Trinajstić information content (AvgIpc) is 3.26. The summed E-state index contributed by atoms with van der Waals surface area (Å²) in [6.45, 7) is -1.74. The smallest absolute Gasteiger partial charge is 0.329 e. The number of thiazole rings is 1. The Bertz CT molecular complexity index is 888. The minimum atomic E-state index is -4.83. The van der Waals surface area contributed by atoms with Crippen LogP contribution in [0.5, 0.6) is 0 Å². The molecule has 1 heterocycles. The molecule has 0 bridgehead atoms. The third-order valence-electron chi connectivity index (χ3n) is 4.19. The van der Waals surface area contributed by atoms with Crippen LogP contribution < -0.4 is 5.32 Å². The van der Waals surface area contributed by atoms with Gasteiger partial charge >= 0.3 is 12.4 Å². The van der Waals surface area contributed by atoms with Crippen LogP contribution in [0.2, 0.25) is 15.1 Å². The van der Waals surface area contributed by atoms with Crippen LogP contribution >= 0.6 is 46.1 Å². The minimum Gasteiger partial charge on any atom is -0.329 e. The van der Waals surface area contributed by atoms with Crippen molar-refractivity contribution in [3.63, 3.8) is 0 Å². The van der Waals surface area contributed by atoms with Crippen LogP contribution in [0.4, 0.5) is 37.2 Å². The van der Waals surface area contributed by atoms with Crippen molar-refractivity contribution in [2.75, 3.05) is 18.4 Å². The van der Waals surface area contributed by atoms with Crippen LogP contribution in [0.3, 0.4) is 0 Å². The first kappa shape index (κ1) is 23.7. The summed E-state index contributed by atoms with van der Waals surface area (Å²) in [6.07, 6.45) is -7.82. The molecule has 0 aliphatic heterocycles. The van der Waals surface area contributed by atoms with Gasteiger partial charge in [-0.25, -0.2) is 4.98 Å². The zero-order chi connectivity index (χ0) is 22.3. The molecule has 30 heavy (non-hydrogen) atoms. The molecule has 1 fully saturated rings. The van der Waals surface area contributed by atoms with E-state index in [4.69, 9.17) is 34.8 Å². The number of hydrogen-bond donors (Lipinski definition) is 1. The highest BCUT2D eigenvalue weighted by Crippen LogP contribution is 2.41. The lowest BCUT2D eigenvalue weighted by molar-refractivity contribution is -0.148. The molecular weight excluding hydrogens is 499 g/mol. The molecule has 0 radical (unpaired) electrons. The molecule has 0 unspecified atom stereocenters. The van der Waals surface area contributed by atoms with Gasteiger partial charge in [-0.2, -0.15) is 26.3 Å². The van der Waals surface area contributed by atoms with Gasteiger partial charge in [-0.15, -0.1) is 0 Å². The number of hydrogen-bond acceptors (Lipinski definition) is 4. The fourth-order valence-corrected chi connectivity index (χ4v) is 4.75. The predicted molar refractivity (Wildman–Crippen MR) is 106 cm³/mol. The van der Waals surface area contributed by atoms with Gasteiger partial charge in [0.15, 0.2) is 10.8 Å². The normalized spacial score (nSPS) is 15.1. The van der Waals surface area contributed by atoms with Crippen molar-refractivity contribution in [3.8, 4) is 0 Å². The zero-order valence-corrected chi connectivity index (χ0v) is 18.1. The van der Waals surface area contributed by atoms with E-state index in [0.29, 0.717) is 11.3 Å². The molecule has 0 atom stereocenters. The van der Waals surface area contributed by atoms with Crippen LogP contribution in [0.15, 0.2) is 12.1 Å². The maximum Gasteiger partial charge on any atom is 0.434 e. The van der Waals surface area contributed by atoms with Gasteiger partial charge < -0.3 is 5.32 Å². The van der Waals surface area contributed by atoms with Gasteiger partial charge in [-0.1, -0.05) is 46.1 Å². The number of benzene rings is 1. The molecule has 1 aromatic heterocycles. The van der Waals surface area contributed by atoms with E-state index >= 15 is 0 Å². The van der Waals surface area contributed by atoms with E-state index in [-0.39, 0.29) is 43.2 Å². The number of nitrogens with one attached hydrogen (secondary N) is 1. The largest absolute Gasteiger partial charge is 0.434 e. The highest BCUT2D eigenvalue weighted by molar-refractivity contribution is 7.15. The van der Waals surface area contributed by atoms with E-state index in [9.17, 15) is 26.3 Å². The summed E-state index contributed by atoms with van der Waals surface area (Å²) in [5.74, 6) is 0.0684. The summed E-state index contributed by atoms with van der Waals surface area (Å²) in [7, 11) is 0. The van der Waals surface area contributed by atoms with Crippen molar-refractivity contribution in [3.05, 3.63) is 37.8 Å². The molecule has 13 heteroatoms.